The molecule has 9 nitrogen and oxygen atoms in total. The van der Waals surface area contributed by atoms with E-state index in [1.165, 1.54) is 50.7 Å². The Morgan fingerprint density at radius 3 is 2.69 bits per heavy atom. The van der Waals surface area contributed by atoms with Crippen molar-refractivity contribution in [2.45, 2.75) is 88.5 Å². The number of carbonyl (C=O) groups excluding carboxylic acids is 1. The van der Waals surface area contributed by atoms with Crippen molar-refractivity contribution in [2.24, 2.45) is 0 Å². The Kier molecular flexibility index (Phi) is 7.55. The highest BCUT2D eigenvalue weighted by atomic mass is 16.5. The zero-order chi connectivity index (χ0) is 26.8. The number of nitrogens with zero attached hydrogens (tertiary/aromatic N) is 1. The Balaban J connectivity index is 1.13. The van der Waals surface area contributed by atoms with Crippen molar-refractivity contribution in [3.8, 4) is 17.2 Å². The molecule has 0 aromatic heterocycles. The highest BCUT2D eigenvalue weighted by molar-refractivity contribution is 6.00. The van der Waals surface area contributed by atoms with Gasteiger partial charge < -0.3 is 29.9 Å². The van der Waals surface area contributed by atoms with Gasteiger partial charge in [-0.05, 0) is 49.3 Å². The zero-order valence-electron chi connectivity index (χ0n) is 22.5. The Morgan fingerprint density at radius 2 is 1.95 bits per heavy atom. The number of amides is 1. The van der Waals surface area contributed by atoms with Crippen molar-refractivity contribution in [3.05, 3.63) is 47.0 Å². The van der Waals surface area contributed by atoms with E-state index in [2.05, 4.69) is 16.2 Å². The molecule has 210 valence electrons. The summed E-state index contributed by atoms with van der Waals surface area (Å²) in [5.41, 5.74) is 10.5. The number of hydrogen-bond donors (Lipinski definition) is 5. The average molecular weight is 537 g/mol. The number of ether oxygens (including phenoxy) is 2. The maximum absolute atomic E-state index is 13.7. The number of fused-ring (bicyclic) bond motifs is 1. The van der Waals surface area contributed by atoms with E-state index in [4.69, 9.17) is 9.47 Å². The Hall–Kier alpha value is -3.01. The lowest BCUT2D eigenvalue weighted by Gasteiger charge is -2.41. The molecule has 6 rings (SSSR count). The van der Waals surface area contributed by atoms with Crippen LogP contribution in [0.5, 0.6) is 17.2 Å². The number of aromatic hydroxyl groups is 2. The van der Waals surface area contributed by atoms with Gasteiger partial charge in [0.15, 0.2) is 0 Å². The van der Waals surface area contributed by atoms with Gasteiger partial charge in [0.25, 0.3) is 5.91 Å². The molecule has 3 fully saturated rings. The number of carbonyl (C=O) groups is 1. The van der Waals surface area contributed by atoms with E-state index in [0.29, 0.717) is 26.3 Å². The van der Waals surface area contributed by atoms with Crippen LogP contribution in [0.4, 0.5) is 5.69 Å². The molecule has 9 heteroatoms. The predicted octanol–water partition coefficient (Wildman–Crippen LogP) is 4.18. The number of hydrogen-bond acceptors (Lipinski definition) is 8. The minimum atomic E-state index is -0.319. The molecule has 4 aliphatic rings. The third kappa shape index (κ3) is 5.66. The fourth-order valence-electron chi connectivity index (χ4n) is 6.58. The number of phenols is 2. The number of hydrazine groups is 1. The second kappa shape index (κ2) is 11.2. The molecule has 1 saturated carbocycles. The topological polar surface area (TPSA) is 115 Å². The first-order valence-electron chi connectivity index (χ1n) is 14.5. The van der Waals surface area contributed by atoms with Crippen LogP contribution in [-0.4, -0.2) is 58.5 Å². The van der Waals surface area contributed by atoms with E-state index in [1.807, 2.05) is 18.2 Å². The largest absolute Gasteiger partial charge is 0.508 e. The van der Waals surface area contributed by atoms with Gasteiger partial charge in [-0.25, -0.2) is 0 Å². The second-order valence-corrected chi connectivity index (χ2v) is 11.7. The second-order valence-electron chi connectivity index (χ2n) is 11.7. The van der Waals surface area contributed by atoms with Crippen LogP contribution < -0.4 is 20.9 Å². The maximum atomic E-state index is 13.7. The van der Waals surface area contributed by atoms with Crippen molar-refractivity contribution < 1.29 is 24.5 Å². The van der Waals surface area contributed by atoms with Gasteiger partial charge in [-0.15, -0.1) is 0 Å². The zero-order valence-corrected chi connectivity index (χ0v) is 22.5. The minimum absolute atomic E-state index is 0.0653. The van der Waals surface area contributed by atoms with Crippen LogP contribution in [0.25, 0.3) is 0 Å². The molecule has 0 radical (unpaired) electrons. The maximum Gasteiger partial charge on any atom is 0.262 e. The normalized spacial score (nSPS) is 24.4. The first kappa shape index (κ1) is 26.2. The number of phenolic OH excluding ortho intramolecular Hbond substituents is 2. The molecule has 2 aromatic carbocycles. The molecule has 5 N–H and O–H groups in total. The van der Waals surface area contributed by atoms with Crippen molar-refractivity contribution >= 4 is 11.6 Å². The van der Waals surface area contributed by atoms with Crippen molar-refractivity contribution in [2.75, 3.05) is 25.1 Å². The summed E-state index contributed by atoms with van der Waals surface area (Å²) in [6, 6.07) is 9.04. The lowest BCUT2D eigenvalue weighted by atomic mass is 9.83. The summed E-state index contributed by atoms with van der Waals surface area (Å²) in [5.74, 6) is -0.534. The summed E-state index contributed by atoms with van der Waals surface area (Å²) >= 11 is 0. The van der Waals surface area contributed by atoms with Crippen LogP contribution >= 0.6 is 0 Å². The molecular formula is C30H40N4O5. The quantitative estimate of drug-likeness (QED) is 0.374. The first-order valence-corrected chi connectivity index (χ1v) is 14.5. The Morgan fingerprint density at radius 1 is 1.10 bits per heavy atom. The Labute approximate surface area is 229 Å². The SMILES string of the molecule is O=C(c1c(O)cc(O)cc1OCC1CCC2(CCCCCC2)NN1)N1Cc2cccc(NC3CCOC3)c2C1. The fraction of sp³-hybridized carbons (Fsp3) is 0.567. The minimum Gasteiger partial charge on any atom is -0.508 e. The highest BCUT2D eigenvalue weighted by Gasteiger charge is 2.36. The average Bonchev–Trinajstić information content (AvgIpc) is 3.55. The van der Waals surface area contributed by atoms with E-state index in [0.717, 1.165) is 42.7 Å². The molecule has 0 bridgehead atoms. The number of nitrogens with one attached hydrogen (secondary N) is 3. The first-order chi connectivity index (χ1) is 19.0. The van der Waals surface area contributed by atoms with Crippen molar-refractivity contribution in [1.82, 2.24) is 15.8 Å². The van der Waals surface area contributed by atoms with E-state index in [-0.39, 0.29) is 46.3 Å². The van der Waals surface area contributed by atoms with Gasteiger partial charge in [-0.2, -0.15) is 0 Å². The summed E-state index contributed by atoms with van der Waals surface area (Å²) in [6.45, 7) is 2.64. The van der Waals surface area contributed by atoms with Crippen LogP contribution in [0.2, 0.25) is 0 Å². The highest BCUT2D eigenvalue weighted by Crippen LogP contribution is 2.38. The van der Waals surface area contributed by atoms with Crippen LogP contribution in [-0.2, 0) is 17.8 Å². The van der Waals surface area contributed by atoms with Gasteiger partial charge in [0.2, 0.25) is 0 Å². The molecule has 3 heterocycles. The van der Waals surface area contributed by atoms with Gasteiger partial charge in [0.1, 0.15) is 29.4 Å². The fourth-order valence-corrected chi connectivity index (χ4v) is 6.58. The summed E-state index contributed by atoms with van der Waals surface area (Å²) < 4.78 is 11.6. The van der Waals surface area contributed by atoms with Gasteiger partial charge >= 0.3 is 0 Å². The van der Waals surface area contributed by atoms with Gasteiger partial charge in [-0.3, -0.25) is 15.6 Å². The van der Waals surface area contributed by atoms with Crippen LogP contribution in [0.1, 0.15) is 79.3 Å². The monoisotopic (exact) mass is 536 g/mol. The molecule has 2 atom stereocenters. The van der Waals surface area contributed by atoms with Crippen LogP contribution in [0.15, 0.2) is 30.3 Å². The molecule has 3 aliphatic heterocycles. The smallest absolute Gasteiger partial charge is 0.262 e. The summed E-state index contributed by atoms with van der Waals surface area (Å²) in [7, 11) is 0. The van der Waals surface area contributed by atoms with E-state index >= 15 is 0 Å². The molecule has 2 saturated heterocycles. The summed E-state index contributed by atoms with van der Waals surface area (Å²) in [5, 5.41) is 24.5. The van der Waals surface area contributed by atoms with Crippen LogP contribution in [0.3, 0.4) is 0 Å². The third-order valence-electron chi connectivity index (χ3n) is 8.85. The number of anilines is 1. The third-order valence-corrected chi connectivity index (χ3v) is 8.85. The summed E-state index contributed by atoms with van der Waals surface area (Å²) in [6.07, 6.45) is 10.5. The number of rotatable bonds is 6. The lowest BCUT2D eigenvalue weighted by Crippen LogP contribution is -2.61. The molecule has 39 heavy (non-hydrogen) atoms. The van der Waals surface area contributed by atoms with Gasteiger partial charge in [-0.1, -0.05) is 37.8 Å². The van der Waals surface area contributed by atoms with Crippen molar-refractivity contribution in [3.63, 3.8) is 0 Å². The molecule has 1 spiro atoms. The molecule has 1 aliphatic carbocycles. The van der Waals surface area contributed by atoms with E-state index in [1.54, 1.807) is 4.90 Å². The van der Waals surface area contributed by atoms with E-state index in [9.17, 15) is 15.0 Å². The summed E-state index contributed by atoms with van der Waals surface area (Å²) in [4.78, 5) is 15.5. The van der Waals surface area contributed by atoms with E-state index < -0.39 is 0 Å². The number of benzene rings is 2. The molecule has 2 unspecified atom stereocenters. The van der Waals surface area contributed by atoms with Crippen LogP contribution in [0, 0.1) is 0 Å². The molecular weight excluding hydrogens is 496 g/mol. The van der Waals surface area contributed by atoms with Crippen molar-refractivity contribution in [1.29, 1.82) is 0 Å². The van der Waals surface area contributed by atoms with Gasteiger partial charge in [0, 0.05) is 43.1 Å². The standard InChI is InChI=1S/C30H40N4O5/c35-23-14-26(36)28(27(15-23)39-19-22-8-12-30(33-32-22)10-3-1-2-4-11-30)29(37)34-16-20-6-5-7-25(24(20)17-34)31-21-9-13-38-18-21/h5-7,14-15,21-22,31-33,35-36H,1-4,8-13,16-19H2. The molecule has 2 aromatic rings. The molecule has 1 amide bonds. The lowest BCUT2D eigenvalue weighted by molar-refractivity contribution is 0.0741. The van der Waals surface area contributed by atoms with Gasteiger partial charge in [0.05, 0.1) is 18.7 Å². The predicted molar refractivity (Wildman–Crippen MR) is 148 cm³/mol. The Bertz CT molecular complexity index is 1180.